The Kier molecular flexibility index (Phi) is 8.40. The van der Waals surface area contributed by atoms with Gasteiger partial charge in [0.15, 0.2) is 0 Å². The molecular formula is C12H24N2O3. The summed E-state index contributed by atoms with van der Waals surface area (Å²) in [6.07, 6.45) is 1.24. The van der Waals surface area contributed by atoms with E-state index in [0.29, 0.717) is 26.1 Å². The Labute approximate surface area is 103 Å². The minimum Gasteiger partial charge on any atom is -0.466 e. The van der Waals surface area contributed by atoms with Crippen LogP contribution in [0.4, 0.5) is 0 Å². The molecule has 0 aliphatic heterocycles. The van der Waals surface area contributed by atoms with E-state index in [4.69, 9.17) is 4.74 Å². The lowest BCUT2D eigenvalue weighted by Gasteiger charge is -2.17. The molecule has 0 aliphatic carbocycles. The smallest absolute Gasteiger partial charge is 0.307 e. The SMILES string of the molecule is CCOC(=O)CCN(C)CC(=O)NC(C)CC. The van der Waals surface area contributed by atoms with Crippen molar-refractivity contribution in [1.82, 2.24) is 10.2 Å². The molecule has 0 aliphatic rings. The van der Waals surface area contributed by atoms with Crippen molar-refractivity contribution in [2.45, 2.75) is 39.7 Å². The lowest BCUT2D eigenvalue weighted by molar-refractivity contribution is -0.143. The van der Waals surface area contributed by atoms with Crippen molar-refractivity contribution in [3.63, 3.8) is 0 Å². The number of ether oxygens (including phenoxy) is 1. The van der Waals surface area contributed by atoms with E-state index in [1.54, 1.807) is 6.92 Å². The van der Waals surface area contributed by atoms with Gasteiger partial charge in [0.2, 0.25) is 5.91 Å². The molecule has 5 heteroatoms. The maximum atomic E-state index is 11.5. The van der Waals surface area contributed by atoms with E-state index < -0.39 is 0 Å². The molecule has 0 spiro atoms. The van der Waals surface area contributed by atoms with Crippen LogP contribution in [-0.4, -0.2) is 49.6 Å². The third kappa shape index (κ3) is 8.68. The van der Waals surface area contributed by atoms with Crippen molar-refractivity contribution < 1.29 is 14.3 Å². The zero-order chi connectivity index (χ0) is 13.3. The van der Waals surface area contributed by atoms with Crippen molar-refractivity contribution in [1.29, 1.82) is 0 Å². The first-order valence-corrected chi connectivity index (χ1v) is 6.13. The highest BCUT2D eigenvalue weighted by molar-refractivity contribution is 5.78. The van der Waals surface area contributed by atoms with E-state index >= 15 is 0 Å². The topological polar surface area (TPSA) is 58.6 Å². The molecule has 0 aromatic rings. The van der Waals surface area contributed by atoms with E-state index in [1.807, 2.05) is 25.8 Å². The molecule has 0 heterocycles. The van der Waals surface area contributed by atoms with Crippen molar-refractivity contribution >= 4 is 11.9 Å². The first-order valence-electron chi connectivity index (χ1n) is 6.13. The lowest BCUT2D eigenvalue weighted by Crippen LogP contribution is -2.40. The fourth-order valence-electron chi connectivity index (χ4n) is 1.26. The number of esters is 1. The summed E-state index contributed by atoms with van der Waals surface area (Å²) in [4.78, 5) is 24.4. The Morgan fingerprint density at radius 2 is 2.00 bits per heavy atom. The summed E-state index contributed by atoms with van der Waals surface area (Å²) in [7, 11) is 1.81. The Morgan fingerprint density at radius 3 is 2.53 bits per heavy atom. The number of hydrogen-bond acceptors (Lipinski definition) is 4. The highest BCUT2D eigenvalue weighted by Crippen LogP contribution is 1.92. The summed E-state index contributed by atoms with van der Waals surface area (Å²) < 4.78 is 4.81. The molecule has 1 N–H and O–H groups in total. The molecule has 17 heavy (non-hydrogen) atoms. The molecule has 0 saturated heterocycles. The maximum absolute atomic E-state index is 11.5. The second kappa shape index (κ2) is 8.98. The molecule has 0 rings (SSSR count). The molecule has 1 amide bonds. The van der Waals surface area contributed by atoms with Gasteiger partial charge in [0.1, 0.15) is 0 Å². The van der Waals surface area contributed by atoms with Gasteiger partial charge in [-0.05, 0) is 27.3 Å². The number of carbonyl (C=O) groups is 2. The van der Waals surface area contributed by atoms with Crippen LogP contribution in [0.5, 0.6) is 0 Å². The van der Waals surface area contributed by atoms with Crippen molar-refractivity contribution in [2.75, 3.05) is 26.7 Å². The number of amides is 1. The third-order valence-electron chi connectivity index (χ3n) is 2.44. The van der Waals surface area contributed by atoms with Gasteiger partial charge in [-0.3, -0.25) is 14.5 Å². The molecule has 0 aromatic carbocycles. The molecule has 5 nitrogen and oxygen atoms in total. The second-order valence-corrected chi connectivity index (χ2v) is 4.17. The summed E-state index contributed by atoms with van der Waals surface area (Å²) in [6.45, 7) is 7.01. The molecule has 0 radical (unpaired) electrons. The van der Waals surface area contributed by atoms with Crippen LogP contribution in [0.1, 0.15) is 33.6 Å². The van der Waals surface area contributed by atoms with Gasteiger partial charge in [-0.1, -0.05) is 6.92 Å². The number of hydrogen-bond donors (Lipinski definition) is 1. The van der Waals surface area contributed by atoms with E-state index in [2.05, 4.69) is 5.32 Å². The largest absolute Gasteiger partial charge is 0.466 e. The average molecular weight is 244 g/mol. The first kappa shape index (κ1) is 15.9. The minimum absolute atomic E-state index is 0.00860. The van der Waals surface area contributed by atoms with E-state index in [9.17, 15) is 9.59 Å². The standard InChI is InChI=1S/C12H24N2O3/c1-5-10(3)13-11(15)9-14(4)8-7-12(16)17-6-2/h10H,5-9H2,1-4H3,(H,13,15). The summed E-state index contributed by atoms with van der Waals surface area (Å²) >= 11 is 0. The van der Waals surface area contributed by atoms with Crippen molar-refractivity contribution in [3.8, 4) is 0 Å². The quantitative estimate of drug-likeness (QED) is 0.641. The number of nitrogens with zero attached hydrogens (tertiary/aromatic N) is 1. The Hall–Kier alpha value is -1.10. The van der Waals surface area contributed by atoms with E-state index in [-0.39, 0.29) is 17.9 Å². The molecule has 1 unspecified atom stereocenters. The Balaban J connectivity index is 3.74. The zero-order valence-corrected chi connectivity index (χ0v) is 11.3. The third-order valence-corrected chi connectivity index (χ3v) is 2.44. The minimum atomic E-state index is -0.221. The van der Waals surface area contributed by atoms with Gasteiger partial charge in [0.25, 0.3) is 0 Å². The van der Waals surface area contributed by atoms with Crippen LogP contribution in [0, 0.1) is 0 Å². The molecular weight excluding hydrogens is 220 g/mol. The summed E-state index contributed by atoms with van der Waals surface area (Å²) in [5, 5.41) is 2.88. The molecule has 0 fully saturated rings. The molecule has 0 saturated carbocycles. The van der Waals surface area contributed by atoms with Crippen molar-refractivity contribution in [2.24, 2.45) is 0 Å². The van der Waals surface area contributed by atoms with Gasteiger partial charge in [-0.15, -0.1) is 0 Å². The normalized spacial score (nSPS) is 12.3. The molecule has 100 valence electrons. The molecule has 1 atom stereocenters. The second-order valence-electron chi connectivity index (χ2n) is 4.17. The highest BCUT2D eigenvalue weighted by Gasteiger charge is 2.10. The average Bonchev–Trinajstić information content (AvgIpc) is 2.26. The fourth-order valence-corrected chi connectivity index (χ4v) is 1.26. The van der Waals surface area contributed by atoms with Crippen LogP contribution in [-0.2, 0) is 14.3 Å². The monoisotopic (exact) mass is 244 g/mol. The first-order chi connectivity index (χ1) is 7.99. The van der Waals surface area contributed by atoms with E-state index in [1.165, 1.54) is 0 Å². The lowest BCUT2D eigenvalue weighted by atomic mass is 10.2. The molecule has 0 bridgehead atoms. The van der Waals surface area contributed by atoms with Crippen LogP contribution in [0.3, 0.4) is 0 Å². The zero-order valence-electron chi connectivity index (χ0n) is 11.3. The van der Waals surface area contributed by atoms with Gasteiger partial charge in [0.05, 0.1) is 19.6 Å². The summed E-state index contributed by atoms with van der Waals surface area (Å²) in [5.41, 5.74) is 0. The van der Waals surface area contributed by atoms with Crippen LogP contribution in [0.25, 0.3) is 0 Å². The van der Waals surface area contributed by atoms with Crippen LogP contribution in [0.2, 0.25) is 0 Å². The maximum Gasteiger partial charge on any atom is 0.307 e. The van der Waals surface area contributed by atoms with Gasteiger partial charge in [0, 0.05) is 12.6 Å². The van der Waals surface area contributed by atoms with Crippen molar-refractivity contribution in [3.05, 3.63) is 0 Å². The van der Waals surface area contributed by atoms with Gasteiger partial charge >= 0.3 is 5.97 Å². The summed E-state index contributed by atoms with van der Waals surface area (Å²) in [6, 6.07) is 0.195. The number of carbonyl (C=O) groups excluding carboxylic acids is 2. The van der Waals surface area contributed by atoms with Gasteiger partial charge in [-0.25, -0.2) is 0 Å². The van der Waals surface area contributed by atoms with Crippen LogP contribution < -0.4 is 5.32 Å². The Morgan fingerprint density at radius 1 is 1.35 bits per heavy atom. The van der Waals surface area contributed by atoms with Gasteiger partial charge < -0.3 is 10.1 Å². The highest BCUT2D eigenvalue weighted by atomic mass is 16.5. The predicted octanol–water partition coefficient (Wildman–Crippen LogP) is 0.786. The fraction of sp³-hybridized carbons (Fsp3) is 0.833. The predicted molar refractivity (Wildman–Crippen MR) is 66.6 cm³/mol. The van der Waals surface area contributed by atoms with E-state index in [0.717, 1.165) is 6.42 Å². The number of rotatable bonds is 8. The van der Waals surface area contributed by atoms with Crippen LogP contribution >= 0.6 is 0 Å². The summed E-state index contributed by atoms with van der Waals surface area (Å²) in [5.74, 6) is -0.229. The number of nitrogens with one attached hydrogen (secondary N) is 1. The Bertz CT molecular complexity index is 244. The molecule has 0 aromatic heterocycles. The number of likely N-dealkylation sites (N-methyl/N-ethyl adjacent to an activating group) is 1. The van der Waals surface area contributed by atoms with Gasteiger partial charge in [-0.2, -0.15) is 0 Å². The van der Waals surface area contributed by atoms with Crippen LogP contribution in [0.15, 0.2) is 0 Å².